The van der Waals surface area contributed by atoms with Crippen molar-refractivity contribution >= 4 is 25.7 Å². The molecule has 12 heteroatoms. The molecule has 3 atom stereocenters. The Morgan fingerprint density at radius 2 is 0.716 bits per heavy atom. The van der Waals surface area contributed by atoms with Gasteiger partial charge in [-0.3, -0.25) is 23.4 Å². The number of ether oxygens (including phenoxy) is 3. The minimum atomic E-state index is -4.76. The highest BCUT2D eigenvalue weighted by molar-refractivity contribution is 7.47. The fraction of sp³-hybridized carbons (Fsp3) is 0.726. The van der Waals surface area contributed by atoms with Crippen molar-refractivity contribution in [2.45, 2.75) is 264 Å². The second-order valence-electron chi connectivity index (χ2n) is 19.4. The molecule has 11 nitrogen and oxygen atoms in total. The Kier molecular flexibility index (Phi) is 53.4. The topological polar surface area (TPSA) is 155 Å². The van der Waals surface area contributed by atoms with Crippen LogP contribution in [0.15, 0.2) is 85.1 Å². The summed E-state index contributed by atoms with van der Waals surface area (Å²) in [6.45, 7) is 4.43. The number of phosphoric acid groups is 1. The molecule has 2 N–H and O–H groups in total. The standard InChI is InChI=1S/C62H107O11P/c1-4-7-10-13-16-19-22-24-26-28-29-31-33-35-38-41-44-47-50-53-62(66)73-59(55-69-60(64)51-48-45-42-39-36-21-18-15-12-9-6-3)57-71-74(67,68)70-56-58(54-63)72-61(65)52-49-46-43-40-37-34-32-30-27-25-23-20-17-14-11-8-5-2/h8,11,15-20,24-27,32,34,58-59,63H,4-7,9-10,12-14,21-23,28-31,33,35-57H2,1-3H3,(H,67,68)/b11-8-,18-15-,19-16-,20-17-,26-24-,27-25-,34-32-. The zero-order valence-corrected chi connectivity index (χ0v) is 47.9. The first kappa shape index (κ1) is 70.7. The van der Waals surface area contributed by atoms with E-state index in [0.717, 1.165) is 122 Å². The van der Waals surface area contributed by atoms with Crippen LogP contribution in [0.2, 0.25) is 0 Å². The van der Waals surface area contributed by atoms with Gasteiger partial charge >= 0.3 is 25.7 Å². The number of unbranched alkanes of at least 4 members (excludes halogenated alkanes) is 23. The van der Waals surface area contributed by atoms with E-state index in [2.05, 4.69) is 106 Å². The van der Waals surface area contributed by atoms with Crippen LogP contribution in [0.1, 0.15) is 252 Å². The van der Waals surface area contributed by atoms with E-state index in [9.17, 15) is 28.9 Å². The number of allylic oxidation sites excluding steroid dienone is 14. The maximum atomic E-state index is 12.9. The van der Waals surface area contributed by atoms with Crippen LogP contribution in [0.4, 0.5) is 0 Å². The van der Waals surface area contributed by atoms with Crippen LogP contribution >= 0.6 is 7.82 Å². The first-order valence-corrected chi connectivity index (χ1v) is 31.0. The van der Waals surface area contributed by atoms with Crippen molar-refractivity contribution in [1.82, 2.24) is 0 Å². The summed E-state index contributed by atoms with van der Waals surface area (Å²) in [6.07, 6.45) is 64.0. The maximum Gasteiger partial charge on any atom is 0.472 e. The second kappa shape index (κ2) is 55.9. The molecule has 426 valence electrons. The van der Waals surface area contributed by atoms with Crippen LogP contribution in [-0.4, -0.2) is 66.5 Å². The van der Waals surface area contributed by atoms with E-state index in [-0.39, 0.29) is 25.9 Å². The van der Waals surface area contributed by atoms with E-state index in [1.54, 1.807) is 0 Å². The van der Waals surface area contributed by atoms with Crippen LogP contribution in [0.25, 0.3) is 0 Å². The summed E-state index contributed by atoms with van der Waals surface area (Å²) in [5, 5.41) is 9.82. The van der Waals surface area contributed by atoms with Gasteiger partial charge in [-0.1, -0.05) is 209 Å². The molecule has 0 aromatic carbocycles. The van der Waals surface area contributed by atoms with Gasteiger partial charge in [-0.2, -0.15) is 0 Å². The predicted molar refractivity (Wildman–Crippen MR) is 307 cm³/mol. The summed E-state index contributed by atoms with van der Waals surface area (Å²) in [4.78, 5) is 48.5. The fourth-order valence-corrected chi connectivity index (χ4v) is 8.55. The Balaban J connectivity index is 4.70. The van der Waals surface area contributed by atoms with Gasteiger partial charge in [0, 0.05) is 19.3 Å². The molecule has 0 heterocycles. The van der Waals surface area contributed by atoms with Crippen LogP contribution in [0, 0.1) is 0 Å². The Morgan fingerprint density at radius 1 is 0.392 bits per heavy atom. The van der Waals surface area contributed by atoms with Crippen molar-refractivity contribution in [3.05, 3.63) is 85.1 Å². The van der Waals surface area contributed by atoms with E-state index in [1.165, 1.54) is 70.6 Å². The number of hydrogen-bond donors (Lipinski definition) is 2. The number of rotatable bonds is 54. The summed E-state index contributed by atoms with van der Waals surface area (Å²) in [6, 6.07) is 0. The molecule has 0 amide bonds. The summed E-state index contributed by atoms with van der Waals surface area (Å²) in [5.41, 5.74) is 0. The van der Waals surface area contributed by atoms with Crippen molar-refractivity contribution in [3.8, 4) is 0 Å². The van der Waals surface area contributed by atoms with Gasteiger partial charge in [-0.05, 0) is 109 Å². The minimum absolute atomic E-state index is 0.146. The molecular weight excluding hydrogens is 952 g/mol. The van der Waals surface area contributed by atoms with Gasteiger partial charge in [0.05, 0.1) is 19.8 Å². The van der Waals surface area contributed by atoms with E-state index < -0.39 is 57.8 Å². The third-order valence-corrected chi connectivity index (χ3v) is 13.2. The monoisotopic (exact) mass is 1060 g/mol. The quantitative estimate of drug-likeness (QED) is 0.0197. The van der Waals surface area contributed by atoms with Crippen LogP contribution in [0.5, 0.6) is 0 Å². The lowest BCUT2D eigenvalue weighted by atomic mass is 10.1. The van der Waals surface area contributed by atoms with Gasteiger partial charge in [0.15, 0.2) is 6.10 Å². The highest BCUT2D eigenvalue weighted by Gasteiger charge is 2.28. The molecule has 0 aromatic rings. The fourth-order valence-electron chi connectivity index (χ4n) is 7.77. The summed E-state index contributed by atoms with van der Waals surface area (Å²) >= 11 is 0. The zero-order chi connectivity index (χ0) is 54.1. The molecule has 0 saturated carbocycles. The highest BCUT2D eigenvalue weighted by atomic mass is 31.2. The minimum Gasteiger partial charge on any atom is -0.462 e. The maximum absolute atomic E-state index is 12.9. The average Bonchev–Trinajstić information content (AvgIpc) is 3.39. The number of hydrogen-bond acceptors (Lipinski definition) is 10. The first-order valence-electron chi connectivity index (χ1n) is 29.5. The Bertz CT molecular complexity index is 1560. The van der Waals surface area contributed by atoms with Crippen molar-refractivity contribution in [2.24, 2.45) is 0 Å². The highest BCUT2D eigenvalue weighted by Crippen LogP contribution is 2.43. The molecule has 74 heavy (non-hydrogen) atoms. The molecular formula is C62H107O11P. The molecule has 3 unspecified atom stereocenters. The second-order valence-corrected chi connectivity index (χ2v) is 20.9. The Labute approximate surface area is 451 Å². The molecule has 0 aliphatic heterocycles. The number of carbonyl (C=O) groups is 3. The van der Waals surface area contributed by atoms with Crippen LogP contribution in [0.3, 0.4) is 0 Å². The van der Waals surface area contributed by atoms with Gasteiger partial charge in [-0.15, -0.1) is 0 Å². The van der Waals surface area contributed by atoms with Crippen molar-refractivity contribution in [3.63, 3.8) is 0 Å². The molecule has 0 aliphatic carbocycles. The first-order chi connectivity index (χ1) is 36.2. The van der Waals surface area contributed by atoms with E-state index >= 15 is 0 Å². The number of phosphoric ester groups is 1. The lowest BCUT2D eigenvalue weighted by Gasteiger charge is -2.21. The molecule has 0 rings (SSSR count). The largest absolute Gasteiger partial charge is 0.472 e. The summed E-state index contributed by atoms with van der Waals surface area (Å²) in [5.74, 6) is -1.50. The molecule has 0 aliphatic rings. The number of esters is 3. The van der Waals surface area contributed by atoms with Gasteiger partial charge < -0.3 is 24.2 Å². The lowest BCUT2D eigenvalue weighted by molar-refractivity contribution is -0.161. The van der Waals surface area contributed by atoms with E-state index in [1.807, 2.05) is 0 Å². The average molecular weight is 1060 g/mol. The van der Waals surface area contributed by atoms with Crippen molar-refractivity contribution in [2.75, 3.05) is 26.4 Å². The van der Waals surface area contributed by atoms with E-state index in [4.69, 9.17) is 23.3 Å². The molecule has 0 aromatic heterocycles. The molecule has 0 saturated heterocycles. The third kappa shape index (κ3) is 53.5. The van der Waals surface area contributed by atoms with Gasteiger partial charge in [0.25, 0.3) is 0 Å². The number of carbonyl (C=O) groups excluding carboxylic acids is 3. The van der Waals surface area contributed by atoms with Gasteiger partial charge in [-0.25, -0.2) is 4.57 Å². The number of aliphatic hydroxyl groups is 1. The van der Waals surface area contributed by atoms with Crippen LogP contribution in [-0.2, 0) is 42.2 Å². The number of aliphatic hydroxyl groups excluding tert-OH is 1. The van der Waals surface area contributed by atoms with Gasteiger partial charge in [0.2, 0.25) is 0 Å². The van der Waals surface area contributed by atoms with Crippen molar-refractivity contribution in [1.29, 1.82) is 0 Å². The third-order valence-electron chi connectivity index (χ3n) is 12.3. The normalized spacial score (nSPS) is 14.0. The summed E-state index contributed by atoms with van der Waals surface area (Å²) < 4.78 is 39.5. The van der Waals surface area contributed by atoms with Crippen LogP contribution < -0.4 is 0 Å². The Morgan fingerprint density at radius 3 is 1.14 bits per heavy atom. The van der Waals surface area contributed by atoms with Gasteiger partial charge in [0.1, 0.15) is 12.7 Å². The zero-order valence-electron chi connectivity index (χ0n) is 47.0. The van der Waals surface area contributed by atoms with Crippen molar-refractivity contribution < 1.29 is 52.2 Å². The molecule has 0 spiro atoms. The summed E-state index contributed by atoms with van der Waals surface area (Å²) in [7, 11) is -4.76. The van der Waals surface area contributed by atoms with E-state index in [0.29, 0.717) is 19.3 Å². The smallest absolute Gasteiger partial charge is 0.462 e. The Hall–Kier alpha value is -3.34. The lowest BCUT2D eigenvalue weighted by Crippen LogP contribution is -2.30. The molecule has 0 bridgehead atoms. The molecule has 0 fully saturated rings. The SMILES string of the molecule is CC/C=C\C/C=C\C/C=C\C/C=C\CCCCCCC(=O)OC(CO)COP(=O)(O)OCC(COC(=O)CCCCCCC/C=C\CCCC)OC(=O)CCCCCCCCCCC/C=C\C/C=C\CCCCC. The predicted octanol–water partition coefficient (Wildman–Crippen LogP) is 17.5. The molecule has 0 radical (unpaired) electrons.